The van der Waals surface area contributed by atoms with Gasteiger partial charge in [-0.2, -0.15) is 9.78 Å². The Balaban J connectivity index is 1.76. The van der Waals surface area contributed by atoms with Crippen molar-refractivity contribution in [1.82, 2.24) is 24.3 Å². The summed E-state index contributed by atoms with van der Waals surface area (Å²) >= 11 is 12.0. The molecule has 0 spiro atoms. The lowest BCUT2D eigenvalue weighted by Crippen LogP contribution is -2.30. The van der Waals surface area contributed by atoms with Crippen LogP contribution in [0.3, 0.4) is 0 Å². The zero-order valence-electron chi connectivity index (χ0n) is 14.1. The van der Waals surface area contributed by atoms with Gasteiger partial charge in [-0.3, -0.25) is 14.6 Å². The van der Waals surface area contributed by atoms with Gasteiger partial charge in [0.2, 0.25) is 5.91 Å². The molecular weight excluding hydrogens is 395 g/mol. The maximum Gasteiger partial charge on any atom is 0.328 e. The van der Waals surface area contributed by atoms with E-state index in [1.807, 2.05) is 0 Å². The summed E-state index contributed by atoms with van der Waals surface area (Å²) in [6, 6.07) is 4.40. The molecule has 0 fully saturated rings. The minimum atomic E-state index is -0.576. The molecule has 0 bridgehead atoms. The van der Waals surface area contributed by atoms with E-state index in [1.54, 1.807) is 13.0 Å². The Bertz CT molecular complexity index is 1120. The molecule has 0 saturated carbocycles. The van der Waals surface area contributed by atoms with Gasteiger partial charge in [-0.05, 0) is 13.0 Å². The van der Waals surface area contributed by atoms with Crippen LogP contribution in [0.15, 0.2) is 40.2 Å². The fraction of sp³-hybridized carbons (Fsp3) is 0.188. The number of H-pyrrole nitrogens is 1. The second kappa shape index (κ2) is 7.77. The number of carbonyl (C=O) groups is 1. The molecular formula is C16H14Cl2N6O3. The zero-order chi connectivity index (χ0) is 19.6. The molecule has 3 aromatic rings. The Kier molecular flexibility index (Phi) is 5.43. The van der Waals surface area contributed by atoms with E-state index in [0.29, 0.717) is 22.4 Å². The van der Waals surface area contributed by atoms with Crippen molar-refractivity contribution in [2.24, 2.45) is 0 Å². The number of aryl methyl sites for hydroxylation is 2. The highest BCUT2D eigenvalue weighted by Crippen LogP contribution is 2.24. The smallest absolute Gasteiger partial charge is 0.310 e. The Morgan fingerprint density at radius 1 is 1.30 bits per heavy atom. The molecule has 2 N–H and O–H groups in total. The highest BCUT2D eigenvalue weighted by atomic mass is 35.5. The first-order valence-electron chi connectivity index (χ1n) is 7.81. The van der Waals surface area contributed by atoms with Crippen molar-refractivity contribution in [3.05, 3.63) is 67.2 Å². The van der Waals surface area contributed by atoms with Gasteiger partial charge in [0.15, 0.2) is 5.82 Å². The molecule has 0 aliphatic heterocycles. The number of aromatic nitrogens is 5. The van der Waals surface area contributed by atoms with Gasteiger partial charge in [-0.1, -0.05) is 23.2 Å². The van der Waals surface area contributed by atoms with Gasteiger partial charge < -0.3 is 9.88 Å². The predicted octanol–water partition coefficient (Wildman–Crippen LogP) is 1.76. The van der Waals surface area contributed by atoms with E-state index in [4.69, 9.17) is 23.2 Å². The SMILES string of the molecule is Cc1cc(NC(=O)CCn2ccc(=O)[nH]c2=O)n(-c2ncc(Cl)cc2Cl)n1. The van der Waals surface area contributed by atoms with Crippen LogP contribution in [0.5, 0.6) is 0 Å². The van der Waals surface area contributed by atoms with Crippen molar-refractivity contribution in [3.63, 3.8) is 0 Å². The lowest BCUT2D eigenvalue weighted by atomic mass is 10.3. The van der Waals surface area contributed by atoms with Gasteiger partial charge in [-0.15, -0.1) is 0 Å². The number of anilines is 1. The quantitative estimate of drug-likeness (QED) is 0.667. The molecule has 0 aromatic carbocycles. The lowest BCUT2D eigenvalue weighted by molar-refractivity contribution is -0.116. The number of pyridine rings is 1. The summed E-state index contributed by atoms with van der Waals surface area (Å²) in [5.74, 6) is 0.351. The molecule has 140 valence electrons. The summed E-state index contributed by atoms with van der Waals surface area (Å²) in [6.07, 6.45) is 2.77. The van der Waals surface area contributed by atoms with Gasteiger partial charge in [-0.25, -0.2) is 9.78 Å². The lowest BCUT2D eigenvalue weighted by Gasteiger charge is -2.10. The molecule has 0 aliphatic rings. The first-order chi connectivity index (χ1) is 12.8. The molecule has 0 radical (unpaired) electrons. The second-order valence-electron chi connectivity index (χ2n) is 5.64. The van der Waals surface area contributed by atoms with E-state index < -0.39 is 11.2 Å². The van der Waals surface area contributed by atoms with Crippen molar-refractivity contribution in [3.8, 4) is 5.82 Å². The van der Waals surface area contributed by atoms with Crippen LogP contribution < -0.4 is 16.6 Å². The van der Waals surface area contributed by atoms with E-state index in [1.165, 1.54) is 33.8 Å². The first kappa shape index (κ1) is 18.9. The Morgan fingerprint density at radius 2 is 2.07 bits per heavy atom. The molecule has 11 heteroatoms. The molecule has 9 nitrogen and oxygen atoms in total. The van der Waals surface area contributed by atoms with Crippen molar-refractivity contribution >= 4 is 34.9 Å². The average Bonchev–Trinajstić information content (AvgIpc) is 2.94. The molecule has 3 aromatic heterocycles. The molecule has 0 aliphatic carbocycles. The van der Waals surface area contributed by atoms with Crippen LogP contribution in [-0.4, -0.2) is 30.2 Å². The van der Waals surface area contributed by atoms with E-state index in [9.17, 15) is 14.4 Å². The fourth-order valence-electron chi connectivity index (χ4n) is 2.36. The van der Waals surface area contributed by atoms with Crippen molar-refractivity contribution in [2.45, 2.75) is 19.9 Å². The number of nitrogens with zero attached hydrogens (tertiary/aromatic N) is 4. The van der Waals surface area contributed by atoms with Gasteiger partial charge in [0.05, 0.1) is 15.7 Å². The number of amides is 1. The van der Waals surface area contributed by atoms with Crippen LogP contribution in [0.1, 0.15) is 12.1 Å². The topological polar surface area (TPSA) is 115 Å². The summed E-state index contributed by atoms with van der Waals surface area (Å²) in [7, 11) is 0. The molecule has 27 heavy (non-hydrogen) atoms. The average molecular weight is 409 g/mol. The van der Waals surface area contributed by atoms with Gasteiger partial charge in [0.25, 0.3) is 5.56 Å². The summed E-state index contributed by atoms with van der Waals surface area (Å²) in [5, 5.41) is 7.66. The van der Waals surface area contributed by atoms with Crippen LogP contribution in [0, 0.1) is 6.92 Å². The molecule has 0 unspecified atom stereocenters. The van der Waals surface area contributed by atoms with Crippen molar-refractivity contribution < 1.29 is 4.79 Å². The van der Waals surface area contributed by atoms with E-state index in [-0.39, 0.29) is 23.9 Å². The molecule has 3 rings (SSSR count). The van der Waals surface area contributed by atoms with Gasteiger partial charge in [0, 0.05) is 37.5 Å². The predicted molar refractivity (Wildman–Crippen MR) is 101 cm³/mol. The third-order valence-corrected chi connectivity index (χ3v) is 4.05. The number of carbonyl (C=O) groups excluding carboxylic acids is 1. The van der Waals surface area contributed by atoms with Crippen molar-refractivity contribution in [1.29, 1.82) is 0 Å². The van der Waals surface area contributed by atoms with E-state index in [0.717, 1.165) is 0 Å². The van der Waals surface area contributed by atoms with Gasteiger partial charge >= 0.3 is 5.69 Å². The maximum absolute atomic E-state index is 12.3. The fourth-order valence-corrected chi connectivity index (χ4v) is 2.82. The third kappa shape index (κ3) is 4.44. The van der Waals surface area contributed by atoms with Crippen LogP contribution in [0.2, 0.25) is 10.0 Å². The Morgan fingerprint density at radius 3 is 2.78 bits per heavy atom. The summed E-state index contributed by atoms with van der Waals surface area (Å²) in [5.41, 5.74) is -0.421. The van der Waals surface area contributed by atoms with Crippen LogP contribution in [0.4, 0.5) is 5.82 Å². The van der Waals surface area contributed by atoms with E-state index >= 15 is 0 Å². The summed E-state index contributed by atoms with van der Waals surface area (Å²) < 4.78 is 2.64. The van der Waals surface area contributed by atoms with Crippen LogP contribution in [-0.2, 0) is 11.3 Å². The molecule has 3 heterocycles. The van der Waals surface area contributed by atoms with Crippen LogP contribution >= 0.6 is 23.2 Å². The Labute approximate surface area is 162 Å². The minimum Gasteiger partial charge on any atom is -0.310 e. The first-order valence-corrected chi connectivity index (χ1v) is 8.57. The Hall–Kier alpha value is -2.91. The molecule has 1 amide bonds. The standard InChI is InChI=1S/C16H14Cl2N6O3/c1-9-6-12(24(22-9)15-11(18)7-10(17)8-19-15)20-13(25)2-4-23-5-3-14(26)21-16(23)27/h3,5-8H,2,4H2,1H3,(H,20,25)(H,21,26,27). The van der Waals surface area contributed by atoms with Gasteiger partial charge in [0.1, 0.15) is 5.82 Å². The summed E-state index contributed by atoms with van der Waals surface area (Å²) in [4.78, 5) is 41.3. The maximum atomic E-state index is 12.3. The number of hydrogen-bond acceptors (Lipinski definition) is 5. The third-order valence-electron chi connectivity index (χ3n) is 3.56. The van der Waals surface area contributed by atoms with E-state index in [2.05, 4.69) is 20.4 Å². The normalized spacial score (nSPS) is 10.8. The summed E-state index contributed by atoms with van der Waals surface area (Å²) in [6.45, 7) is 1.87. The highest BCUT2D eigenvalue weighted by Gasteiger charge is 2.15. The second-order valence-corrected chi connectivity index (χ2v) is 6.49. The highest BCUT2D eigenvalue weighted by molar-refractivity contribution is 6.35. The number of rotatable bonds is 5. The zero-order valence-corrected chi connectivity index (χ0v) is 15.6. The number of halogens is 2. The largest absolute Gasteiger partial charge is 0.328 e. The van der Waals surface area contributed by atoms with Crippen molar-refractivity contribution in [2.75, 3.05) is 5.32 Å². The van der Waals surface area contributed by atoms with Crippen LogP contribution in [0.25, 0.3) is 5.82 Å². The minimum absolute atomic E-state index is 0.0119. The number of nitrogens with one attached hydrogen (secondary N) is 2. The molecule has 0 saturated heterocycles. The number of hydrogen-bond donors (Lipinski definition) is 2. The number of aromatic amines is 1. The monoisotopic (exact) mass is 408 g/mol. The molecule has 0 atom stereocenters.